The summed E-state index contributed by atoms with van der Waals surface area (Å²) in [5, 5.41) is 4.81. The Morgan fingerprint density at radius 2 is 1.90 bits per heavy atom. The number of nitrogens with zero attached hydrogens (tertiary/aromatic N) is 1. The fourth-order valence-corrected chi connectivity index (χ4v) is 1.54. The molecule has 0 saturated heterocycles. The Bertz CT molecular complexity index is 522. The van der Waals surface area contributed by atoms with Crippen molar-refractivity contribution in [1.29, 1.82) is 0 Å². The van der Waals surface area contributed by atoms with Crippen molar-refractivity contribution in [3.05, 3.63) is 17.7 Å². The number of hydrogen-bond acceptors (Lipinski definition) is 5. The molecule has 1 aromatic heterocycles. The molecule has 0 radical (unpaired) electrons. The third kappa shape index (κ3) is 3.14. The summed E-state index contributed by atoms with van der Waals surface area (Å²) in [4.78, 5) is 27.0. The van der Waals surface area contributed by atoms with Crippen LogP contribution in [0.15, 0.2) is 6.20 Å². The van der Waals surface area contributed by atoms with Gasteiger partial charge in [0.25, 0.3) is 5.91 Å². The van der Waals surface area contributed by atoms with Crippen molar-refractivity contribution >= 4 is 11.8 Å². The minimum Gasteiger partial charge on any atom is -0.491 e. The fraction of sp³-hybridized carbons (Fsp3) is 0.417. The highest BCUT2D eigenvalue weighted by Crippen LogP contribution is 2.31. The molecule has 2 amide bonds. The van der Waals surface area contributed by atoms with Crippen LogP contribution in [0, 0.1) is 5.82 Å². The fourth-order valence-electron chi connectivity index (χ4n) is 1.54. The number of nitrogens with one attached hydrogen (secondary N) is 2. The lowest BCUT2D eigenvalue weighted by Crippen LogP contribution is -2.43. The summed E-state index contributed by atoms with van der Waals surface area (Å²) in [7, 11) is 3.96. The second-order valence-corrected chi connectivity index (χ2v) is 3.83. The highest BCUT2D eigenvalue weighted by atomic mass is 19.1. The van der Waals surface area contributed by atoms with E-state index in [1.54, 1.807) is 0 Å². The van der Waals surface area contributed by atoms with Gasteiger partial charge >= 0.3 is 0 Å². The Morgan fingerprint density at radius 1 is 1.30 bits per heavy atom. The molecule has 0 aromatic carbocycles. The maximum Gasteiger partial charge on any atom is 0.274 e. The molecule has 0 saturated carbocycles. The van der Waals surface area contributed by atoms with Crippen molar-refractivity contribution in [3.8, 4) is 11.5 Å². The number of pyridine rings is 1. The van der Waals surface area contributed by atoms with Gasteiger partial charge in [-0.05, 0) is 6.92 Å². The van der Waals surface area contributed by atoms with Gasteiger partial charge in [-0.1, -0.05) is 0 Å². The first-order chi connectivity index (χ1) is 9.46. The van der Waals surface area contributed by atoms with E-state index < -0.39 is 17.8 Å². The van der Waals surface area contributed by atoms with Crippen LogP contribution in [-0.2, 0) is 4.79 Å². The summed E-state index contributed by atoms with van der Waals surface area (Å²) in [5.74, 6) is -2.14. The first kappa shape index (κ1) is 15.7. The van der Waals surface area contributed by atoms with Gasteiger partial charge in [0, 0.05) is 7.05 Å². The van der Waals surface area contributed by atoms with E-state index in [0.29, 0.717) is 0 Å². The van der Waals surface area contributed by atoms with Crippen LogP contribution >= 0.6 is 0 Å². The summed E-state index contributed by atoms with van der Waals surface area (Å²) in [6.07, 6.45) is 0.848. The van der Waals surface area contributed by atoms with Gasteiger partial charge in [0.1, 0.15) is 6.04 Å². The maximum atomic E-state index is 13.5. The van der Waals surface area contributed by atoms with Gasteiger partial charge in [-0.15, -0.1) is 0 Å². The Morgan fingerprint density at radius 3 is 2.40 bits per heavy atom. The third-order valence-corrected chi connectivity index (χ3v) is 2.56. The second kappa shape index (κ2) is 6.69. The first-order valence-corrected chi connectivity index (χ1v) is 5.75. The number of methoxy groups -OCH3 is 2. The van der Waals surface area contributed by atoms with Crippen molar-refractivity contribution in [2.45, 2.75) is 13.0 Å². The van der Waals surface area contributed by atoms with Gasteiger partial charge in [0.2, 0.25) is 11.7 Å². The largest absolute Gasteiger partial charge is 0.491 e. The van der Waals surface area contributed by atoms with Gasteiger partial charge < -0.3 is 20.1 Å². The summed E-state index contributed by atoms with van der Waals surface area (Å²) in [6, 6.07) is -0.768. The molecule has 0 spiro atoms. The van der Waals surface area contributed by atoms with Crippen LogP contribution in [0.2, 0.25) is 0 Å². The van der Waals surface area contributed by atoms with Crippen LogP contribution in [0.4, 0.5) is 4.39 Å². The molecule has 0 aliphatic carbocycles. The topological polar surface area (TPSA) is 89.6 Å². The molecular weight excluding hydrogens is 269 g/mol. The van der Waals surface area contributed by atoms with Crippen molar-refractivity contribution in [3.63, 3.8) is 0 Å². The first-order valence-electron chi connectivity index (χ1n) is 5.75. The summed E-state index contributed by atoms with van der Waals surface area (Å²) in [6.45, 7) is 1.50. The molecule has 0 aliphatic heterocycles. The normalized spacial score (nSPS) is 11.4. The summed E-state index contributed by atoms with van der Waals surface area (Å²) in [5.41, 5.74) is -0.165. The molecule has 7 nitrogen and oxygen atoms in total. The van der Waals surface area contributed by atoms with E-state index in [-0.39, 0.29) is 23.1 Å². The summed E-state index contributed by atoms with van der Waals surface area (Å²) < 4.78 is 23.2. The highest BCUT2D eigenvalue weighted by molar-refractivity contribution is 5.98. The molecule has 8 heteroatoms. The quantitative estimate of drug-likeness (QED) is 0.801. The van der Waals surface area contributed by atoms with Crippen molar-refractivity contribution in [2.75, 3.05) is 21.3 Å². The Labute approximate surface area is 115 Å². The van der Waals surface area contributed by atoms with E-state index >= 15 is 0 Å². The van der Waals surface area contributed by atoms with Crippen LogP contribution in [0.5, 0.6) is 11.5 Å². The number of amides is 2. The summed E-state index contributed by atoms with van der Waals surface area (Å²) >= 11 is 0. The number of rotatable bonds is 5. The molecule has 1 heterocycles. The van der Waals surface area contributed by atoms with Crippen molar-refractivity contribution in [1.82, 2.24) is 15.6 Å². The molecule has 1 unspecified atom stereocenters. The lowest BCUT2D eigenvalue weighted by Gasteiger charge is -2.15. The lowest BCUT2D eigenvalue weighted by atomic mass is 10.2. The van der Waals surface area contributed by atoms with Crippen molar-refractivity contribution < 1.29 is 23.5 Å². The Hall–Kier alpha value is -2.38. The number of aromatic nitrogens is 1. The van der Waals surface area contributed by atoms with Gasteiger partial charge in [0.15, 0.2) is 17.3 Å². The zero-order chi connectivity index (χ0) is 15.3. The van der Waals surface area contributed by atoms with Crippen LogP contribution in [-0.4, -0.2) is 44.1 Å². The molecule has 0 bridgehead atoms. The predicted octanol–water partition coefficient (Wildman–Crippen LogP) is 0.102. The Balaban J connectivity index is 3.07. The maximum absolute atomic E-state index is 13.5. The SMILES string of the molecule is CNC(=O)C(C)NC(=O)c1ncc(F)c(OC)c1OC. The molecule has 110 valence electrons. The second-order valence-electron chi connectivity index (χ2n) is 3.83. The molecular formula is C12H16FN3O4. The zero-order valence-corrected chi connectivity index (χ0v) is 11.6. The average molecular weight is 285 g/mol. The standard InChI is InChI=1S/C12H16FN3O4/c1-6(11(17)14-2)16-12(18)8-10(20-4)9(19-3)7(13)5-15-8/h5-6H,1-4H3,(H,14,17)(H,16,18). The van der Waals surface area contributed by atoms with Crippen LogP contribution in [0.25, 0.3) is 0 Å². The monoisotopic (exact) mass is 285 g/mol. The van der Waals surface area contributed by atoms with Crippen molar-refractivity contribution in [2.24, 2.45) is 0 Å². The van der Waals surface area contributed by atoms with Gasteiger partial charge in [-0.3, -0.25) is 9.59 Å². The molecule has 1 rings (SSSR count). The van der Waals surface area contributed by atoms with E-state index in [2.05, 4.69) is 15.6 Å². The van der Waals surface area contributed by atoms with Gasteiger partial charge in [-0.2, -0.15) is 0 Å². The molecule has 0 aliphatic rings. The number of carbonyl (C=O) groups excluding carboxylic acids is 2. The smallest absolute Gasteiger partial charge is 0.274 e. The van der Waals surface area contributed by atoms with E-state index in [0.717, 1.165) is 6.20 Å². The van der Waals surface area contributed by atoms with E-state index in [1.165, 1.54) is 28.2 Å². The average Bonchev–Trinajstić information content (AvgIpc) is 2.45. The predicted molar refractivity (Wildman–Crippen MR) is 68.3 cm³/mol. The van der Waals surface area contributed by atoms with Gasteiger partial charge in [0.05, 0.1) is 20.4 Å². The Kier molecular flexibility index (Phi) is 5.24. The number of halogens is 1. The molecule has 1 atom stereocenters. The molecule has 0 fully saturated rings. The third-order valence-electron chi connectivity index (χ3n) is 2.56. The molecule has 20 heavy (non-hydrogen) atoms. The lowest BCUT2D eigenvalue weighted by molar-refractivity contribution is -0.122. The van der Waals surface area contributed by atoms with Crippen LogP contribution < -0.4 is 20.1 Å². The molecule has 1 aromatic rings. The van der Waals surface area contributed by atoms with E-state index in [9.17, 15) is 14.0 Å². The minimum atomic E-state index is -0.768. The number of ether oxygens (including phenoxy) is 2. The minimum absolute atomic E-state index is 0.130. The van der Waals surface area contributed by atoms with Crippen LogP contribution in [0.3, 0.4) is 0 Å². The number of carbonyl (C=O) groups is 2. The van der Waals surface area contributed by atoms with E-state index in [1.807, 2.05) is 0 Å². The van der Waals surface area contributed by atoms with Crippen LogP contribution in [0.1, 0.15) is 17.4 Å². The van der Waals surface area contributed by atoms with Gasteiger partial charge in [-0.25, -0.2) is 9.37 Å². The number of likely N-dealkylation sites (N-methyl/N-ethyl adjacent to an activating group) is 1. The number of hydrogen-bond donors (Lipinski definition) is 2. The zero-order valence-electron chi connectivity index (χ0n) is 11.6. The van der Waals surface area contributed by atoms with E-state index in [4.69, 9.17) is 9.47 Å². The highest BCUT2D eigenvalue weighted by Gasteiger charge is 2.24. The molecule has 2 N–H and O–H groups in total.